The first-order chi connectivity index (χ1) is 8.68. The molecule has 0 aliphatic carbocycles. The van der Waals surface area contributed by atoms with E-state index in [-0.39, 0.29) is 18.4 Å². The van der Waals surface area contributed by atoms with Crippen molar-refractivity contribution in [2.24, 2.45) is 0 Å². The summed E-state index contributed by atoms with van der Waals surface area (Å²) >= 11 is 0. The number of hydrogen-bond acceptors (Lipinski definition) is 3. The fourth-order valence-electron chi connectivity index (χ4n) is 2.09. The van der Waals surface area contributed by atoms with Crippen molar-refractivity contribution in [3.8, 4) is 0 Å². The number of piperidine rings is 1. The van der Waals surface area contributed by atoms with Gasteiger partial charge in [0.2, 0.25) is 5.91 Å². The van der Waals surface area contributed by atoms with E-state index >= 15 is 0 Å². The number of likely N-dealkylation sites (tertiary alicyclic amines) is 1. The Bertz CT molecular complexity index is 435. The average molecular weight is 250 g/mol. The zero-order valence-electron chi connectivity index (χ0n) is 10.5. The van der Waals surface area contributed by atoms with Crippen LogP contribution in [0.1, 0.15) is 35.3 Å². The van der Waals surface area contributed by atoms with Gasteiger partial charge in [0.1, 0.15) is 0 Å². The van der Waals surface area contributed by atoms with Gasteiger partial charge in [-0.15, -0.1) is 0 Å². The first-order valence-electron chi connectivity index (χ1n) is 6.24. The Labute approximate surface area is 106 Å². The van der Waals surface area contributed by atoms with E-state index in [1.165, 1.54) is 12.6 Å². The molecule has 0 unspecified atom stereocenters. The number of nitrogens with zero attached hydrogens (tertiary/aromatic N) is 2. The molecule has 0 saturated carbocycles. The molecule has 2 rings (SSSR count). The maximum atomic E-state index is 11.8. The number of hydrogen-bond donors (Lipinski definition) is 2. The van der Waals surface area contributed by atoms with Gasteiger partial charge in [-0.1, -0.05) is 0 Å². The second-order valence-electron chi connectivity index (χ2n) is 4.53. The third-order valence-electron chi connectivity index (χ3n) is 3.18. The Morgan fingerprint density at radius 1 is 1.39 bits per heavy atom. The van der Waals surface area contributed by atoms with Crippen molar-refractivity contribution < 1.29 is 9.59 Å². The number of aromatic nitrogens is 2. The maximum Gasteiger partial charge on any atom is 0.255 e. The highest BCUT2D eigenvalue weighted by atomic mass is 16.2. The number of carbonyl (C=O) groups is 2. The van der Waals surface area contributed by atoms with E-state index in [2.05, 4.69) is 15.5 Å². The van der Waals surface area contributed by atoms with Crippen LogP contribution < -0.4 is 5.32 Å². The van der Waals surface area contributed by atoms with E-state index < -0.39 is 0 Å². The standard InChI is InChI=1S/C12H18N4O2/c1-9-10(7-14-15-9)12(18)13-8-11(17)16-5-3-2-4-6-16/h7H,2-6,8H2,1H3,(H,13,18)(H,14,15). The van der Waals surface area contributed by atoms with Crippen LogP contribution in [0.15, 0.2) is 6.20 Å². The Morgan fingerprint density at radius 3 is 2.72 bits per heavy atom. The van der Waals surface area contributed by atoms with Crippen LogP contribution in [0.4, 0.5) is 0 Å². The average Bonchev–Trinajstić information content (AvgIpc) is 2.83. The van der Waals surface area contributed by atoms with Gasteiger partial charge in [0.15, 0.2) is 0 Å². The summed E-state index contributed by atoms with van der Waals surface area (Å²) in [5.41, 5.74) is 1.19. The number of nitrogens with one attached hydrogen (secondary N) is 2. The van der Waals surface area contributed by atoms with E-state index in [4.69, 9.17) is 0 Å². The fourth-order valence-corrected chi connectivity index (χ4v) is 2.09. The Balaban J connectivity index is 1.82. The third kappa shape index (κ3) is 2.88. The molecule has 0 spiro atoms. The van der Waals surface area contributed by atoms with Crippen molar-refractivity contribution in [3.05, 3.63) is 17.5 Å². The van der Waals surface area contributed by atoms with Crippen LogP contribution in [-0.2, 0) is 4.79 Å². The van der Waals surface area contributed by atoms with Crippen molar-refractivity contribution >= 4 is 11.8 Å². The zero-order chi connectivity index (χ0) is 13.0. The summed E-state index contributed by atoms with van der Waals surface area (Å²) in [4.78, 5) is 25.4. The normalized spacial score (nSPS) is 15.5. The van der Waals surface area contributed by atoms with E-state index in [9.17, 15) is 9.59 Å². The minimum Gasteiger partial charge on any atom is -0.343 e. The predicted octanol–water partition coefficient (Wildman–Crippen LogP) is 0.460. The van der Waals surface area contributed by atoms with Gasteiger partial charge in [0, 0.05) is 18.8 Å². The van der Waals surface area contributed by atoms with Gasteiger partial charge in [0.05, 0.1) is 18.3 Å². The van der Waals surface area contributed by atoms with E-state index in [1.807, 2.05) is 4.90 Å². The first kappa shape index (κ1) is 12.6. The summed E-state index contributed by atoms with van der Waals surface area (Å²) < 4.78 is 0. The first-order valence-corrected chi connectivity index (χ1v) is 6.24. The predicted molar refractivity (Wildman–Crippen MR) is 66.1 cm³/mol. The van der Waals surface area contributed by atoms with Crippen LogP contribution >= 0.6 is 0 Å². The quantitative estimate of drug-likeness (QED) is 0.818. The Morgan fingerprint density at radius 2 is 2.11 bits per heavy atom. The van der Waals surface area contributed by atoms with Crippen LogP contribution in [0, 0.1) is 6.92 Å². The van der Waals surface area contributed by atoms with Gasteiger partial charge >= 0.3 is 0 Å². The molecule has 0 atom stereocenters. The maximum absolute atomic E-state index is 11.8. The molecule has 0 bridgehead atoms. The SMILES string of the molecule is Cc1[nH]ncc1C(=O)NCC(=O)N1CCCCC1. The topological polar surface area (TPSA) is 78.1 Å². The van der Waals surface area contributed by atoms with Crippen LogP contribution in [-0.4, -0.2) is 46.5 Å². The van der Waals surface area contributed by atoms with Crippen LogP contribution in [0.25, 0.3) is 0 Å². The minimum atomic E-state index is -0.258. The van der Waals surface area contributed by atoms with Crippen LogP contribution in [0.5, 0.6) is 0 Å². The summed E-state index contributed by atoms with van der Waals surface area (Å²) in [5, 5.41) is 9.11. The molecule has 2 amide bonds. The minimum absolute atomic E-state index is 0.0100. The molecule has 1 fully saturated rings. The lowest BCUT2D eigenvalue weighted by molar-refractivity contribution is -0.130. The summed E-state index contributed by atoms with van der Waals surface area (Å²) in [7, 11) is 0. The van der Waals surface area contributed by atoms with Crippen molar-refractivity contribution in [2.75, 3.05) is 19.6 Å². The summed E-state index contributed by atoms with van der Waals surface area (Å²) in [6.45, 7) is 3.44. The molecular formula is C12H18N4O2. The van der Waals surface area contributed by atoms with Crippen molar-refractivity contribution in [1.29, 1.82) is 0 Å². The zero-order valence-corrected chi connectivity index (χ0v) is 10.5. The molecule has 1 aliphatic heterocycles. The van der Waals surface area contributed by atoms with E-state index in [1.54, 1.807) is 6.92 Å². The van der Waals surface area contributed by atoms with Gasteiger partial charge < -0.3 is 10.2 Å². The largest absolute Gasteiger partial charge is 0.343 e. The Hall–Kier alpha value is -1.85. The van der Waals surface area contributed by atoms with Crippen LogP contribution in [0.3, 0.4) is 0 Å². The number of aryl methyl sites for hydroxylation is 1. The molecular weight excluding hydrogens is 232 g/mol. The lowest BCUT2D eigenvalue weighted by Crippen LogP contribution is -2.42. The third-order valence-corrected chi connectivity index (χ3v) is 3.18. The van der Waals surface area contributed by atoms with Crippen molar-refractivity contribution in [1.82, 2.24) is 20.4 Å². The van der Waals surface area contributed by atoms with Crippen molar-refractivity contribution in [3.63, 3.8) is 0 Å². The number of carbonyl (C=O) groups excluding carboxylic acids is 2. The monoisotopic (exact) mass is 250 g/mol. The lowest BCUT2D eigenvalue weighted by atomic mass is 10.1. The Kier molecular flexibility index (Phi) is 3.96. The number of amides is 2. The molecule has 6 heteroatoms. The molecule has 2 heterocycles. The molecule has 6 nitrogen and oxygen atoms in total. The smallest absolute Gasteiger partial charge is 0.255 e. The molecule has 0 aromatic carbocycles. The molecule has 1 aliphatic rings. The molecule has 2 N–H and O–H groups in total. The summed E-state index contributed by atoms with van der Waals surface area (Å²) in [5.74, 6) is -0.268. The summed E-state index contributed by atoms with van der Waals surface area (Å²) in [6, 6.07) is 0. The van der Waals surface area contributed by atoms with Gasteiger partial charge in [0.25, 0.3) is 5.91 Å². The van der Waals surface area contributed by atoms with Crippen LogP contribution in [0.2, 0.25) is 0 Å². The number of H-pyrrole nitrogens is 1. The van der Waals surface area contributed by atoms with Crippen molar-refractivity contribution in [2.45, 2.75) is 26.2 Å². The number of rotatable bonds is 3. The molecule has 18 heavy (non-hydrogen) atoms. The highest BCUT2D eigenvalue weighted by molar-refractivity contribution is 5.97. The van der Waals surface area contributed by atoms with Gasteiger partial charge in [-0.25, -0.2) is 0 Å². The van der Waals surface area contributed by atoms with Gasteiger partial charge in [-0.05, 0) is 26.2 Å². The molecule has 98 valence electrons. The lowest BCUT2D eigenvalue weighted by Gasteiger charge is -2.26. The molecule has 0 radical (unpaired) electrons. The molecule has 1 aromatic heterocycles. The molecule has 1 aromatic rings. The van der Waals surface area contributed by atoms with E-state index in [0.717, 1.165) is 25.9 Å². The van der Waals surface area contributed by atoms with E-state index in [0.29, 0.717) is 11.3 Å². The highest BCUT2D eigenvalue weighted by Gasteiger charge is 2.18. The second kappa shape index (κ2) is 5.66. The molecule has 1 saturated heterocycles. The fraction of sp³-hybridized carbons (Fsp3) is 0.583. The van der Waals surface area contributed by atoms with Gasteiger partial charge in [-0.3, -0.25) is 14.7 Å². The second-order valence-corrected chi connectivity index (χ2v) is 4.53. The van der Waals surface area contributed by atoms with Gasteiger partial charge in [-0.2, -0.15) is 5.10 Å². The summed E-state index contributed by atoms with van der Waals surface area (Å²) in [6.07, 6.45) is 4.77. The number of aromatic amines is 1. The highest BCUT2D eigenvalue weighted by Crippen LogP contribution is 2.08.